The molecule has 0 unspecified atom stereocenters. The van der Waals surface area contributed by atoms with E-state index < -0.39 is 0 Å². The van der Waals surface area contributed by atoms with Crippen LogP contribution in [0.25, 0.3) is 23.1 Å². The van der Waals surface area contributed by atoms with Crippen molar-refractivity contribution >= 4 is 23.1 Å². The van der Waals surface area contributed by atoms with E-state index in [1.807, 2.05) is 6.07 Å². The zero-order chi connectivity index (χ0) is 16.4. The Balaban J connectivity index is 0.000000432. The molecule has 0 atom stereocenters. The van der Waals surface area contributed by atoms with Crippen LogP contribution < -0.4 is 35.3 Å². The van der Waals surface area contributed by atoms with E-state index in [-0.39, 0.29) is 51.0 Å². The van der Waals surface area contributed by atoms with Gasteiger partial charge >= 0.3 is 26.2 Å². The molecule has 0 bridgehead atoms. The third-order valence-corrected chi connectivity index (χ3v) is 4.10. The molecule has 4 heteroatoms. The summed E-state index contributed by atoms with van der Waals surface area (Å²) in [5.41, 5.74) is 6.26. The van der Waals surface area contributed by atoms with Crippen molar-refractivity contribution in [2.24, 2.45) is 0 Å². The molecule has 132 valence electrons. The molecule has 2 aromatic carbocycles. The van der Waals surface area contributed by atoms with Crippen molar-refractivity contribution in [3.63, 3.8) is 0 Å². The topological polar surface area (TPSA) is 15.8 Å². The average Bonchev–Trinajstić information content (AvgIpc) is 3.13. The molecule has 1 aliphatic rings. The van der Waals surface area contributed by atoms with E-state index in [1.165, 1.54) is 43.6 Å². The van der Waals surface area contributed by atoms with Crippen LogP contribution in [-0.4, -0.2) is 4.98 Å². The number of H-pyrrole nitrogens is 1. The minimum absolute atomic E-state index is 0. The fourth-order valence-corrected chi connectivity index (χ4v) is 2.84. The van der Waals surface area contributed by atoms with Crippen molar-refractivity contribution in [3.05, 3.63) is 81.4 Å². The molecule has 0 amide bonds. The molecule has 0 saturated carbocycles. The van der Waals surface area contributed by atoms with Crippen LogP contribution in [0, 0.1) is 20.0 Å². The molecule has 1 nitrogen and oxygen atoms in total. The predicted octanol–water partition coefficient (Wildman–Crippen LogP) is -1.93. The van der Waals surface area contributed by atoms with E-state index in [9.17, 15) is 0 Å². The maximum absolute atomic E-state index is 3.36. The Morgan fingerprint density at radius 3 is 2.23 bits per heavy atom. The molecule has 0 aliphatic heterocycles. The minimum atomic E-state index is 0. The van der Waals surface area contributed by atoms with Gasteiger partial charge in [0.25, 0.3) is 0 Å². The first-order chi connectivity index (χ1) is 11.1. The SMILES string of the molecule is CC(C)=C1[C-]=c2ccccc2=C1.Cc1[c-][nH]c2cccc(C)c12.[Cl-].[Cl-].[Zr+4]. The van der Waals surface area contributed by atoms with Crippen LogP contribution in [0.3, 0.4) is 0 Å². The normalized spacial score (nSPS) is 10.7. The summed E-state index contributed by atoms with van der Waals surface area (Å²) in [6.45, 7) is 8.43. The van der Waals surface area contributed by atoms with Gasteiger partial charge in [-0.3, -0.25) is 0 Å². The first-order valence-electron chi connectivity index (χ1n) is 7.90. The number of allylic oxidation sites excluding steroid dienone is 2. The van der Waals surface area contributed by atoms with Gasteiger partial charge in [0.15, 0.2) is 0 Å². The number of aromatic nitrogens is 1. The molecule has 26 heavy (non-hydrogen) atoms. The van der Waals surface area contributed by atoms with Crippen molar-refractivity contribution in [1.82, 2.24) is 4.98 Å². The summed E-state index contributed by atoms with van der Waals surface area (Å²) in [5.74, 6) is 0. The van der Waals surface area contributed by atoms with Crippen LogP contribution in [0.15, 0.2) is 53.6 Å². The molecule has 0 spiro atoms. The van der Waals surface area contributed by atoms with E-state index in [0.29, 0.717) is 0 Å². The minimum Gasteiger partial charge on any atom is -1.00 e. The maximum Gasteiger partial charge on any atom is 4.00 e. The van der Waals surface area contributed by atoms with Crippen LogP contribution in [0.2, 0.25) is 0 Å². The first-order valence-corrected chi connectivity index (χ1v) is 7.90. The molecular formula is C22H21Cl2NZr. The van der Waals surface area contributed by atoms with Gasteiger partial charge in [0.1, 0.15) is 0 Å². The summed E-state index contributed by atoms with van der Waals surface area (Å²) < 4.78 is 0. The second-order valence-electron chi connectivity index (χ2n) is 6.14. The van der Waals surface area contributed by atoms with Crippen molar-refractivity contribution in [2.75, 3.05) is 0 Å². The number of hydrogen-bond donors (Lipinski definition) is 1. The van der Waals surface area contributed by atoms with Gasteiger partial charge in [-0.15, -0.1) is 68.5 Å². The van der Waals surface area contributed by atoms with E-state index in [4.69, 9.17) is 0 Å². The summed E-state index contributed by atoms with van der Waals surface area (Å²) in [7, 11) is 0. The Morgan fingerprint density at radius 2 is 1.62 bits per heavy atom. The van der Waals surface area contributed by atoms with Gasteiger partial charge in [-0.25, -0.2) is 0 Å². The second kappa shape index (κ2) is 10.9. The van der Waals surface area contributed by atoms with Crippen LogP contribution >= 0.6 is 0 Å². The van der Waals surface area contributed by atoms with Crippen LogP contribution in [0.4, 0.5) is 0 Å². The average molecular weight is 462 g/mol. The van der Waals surface area contributed by atoms with E-state index in [1.54, 1.807) is 0 Å². The molecule has 1 heterocycles. The number of rotatable bonds is 0. The number of aryl methyl sites for hydroxylation is 2. The standard InChI is InChI=1S/C12H11.C10H10N.2ClH.Zr/c1-9(2)12-7-10-5-3-4-6-11(10)8-12;1-7-4-3-5-9-10(7)8(2)6-11-9;;;/h3-7H,1-2H3;3-5,11H,1-2H3;2*1H;/q2*-1;;;+4/p-2. The smallest absolute Gasteiger partial charge is 1.00 e. The Kier molecular flexibility index (Phi) is 10.5. The van der Waals surface area contributed by atoms with Crippen molar-refractivity contribution in [3.8, 4) is 0 Å². The summed E-state index contributed by atoms with van der Waals surface area (Å²) in [6, 6.07) is 14.6. The molecule has 0 radical (unpaired) electrons. The maximum atomic E-state index is 3.36. The fourth-order valence-electron chi connectivity index (χ4n) is 2.84. The first kappa shape index (κ1) is 24.9. The van der Waals surface area contributed by atoms with Crippen molar-refractivity contribution in [1.29, 1.82) is 0 Å². The number of aromatic amines is 1. The quantitative estimate of drug-likeness (QED) is 0.376. The summed E-state index contributed by atoms with van der Waals surface area (Å²) in [5, 5.41) is 3.81. The van der Waals surface area contributed by atoms with Gasteiger partial charge < -0.3 is 29.8 Å². The van der Waals surface area contributed by atoms with Gasteiger partial charge in [-0.1, -0.05) is 58.0 Å². The Labute approximate surface area is 187 Å². The Morgan fingerprint density at radius 1 is 0.923 bits per heavy atom. The number of benzene rings is 2. The fraction of sp³-hybridized carbons (Fsp3) is 0.182. The van der Waals surface area contributed by atoms with Gasteiger partial charge in [0.2, 0.25) is 0 Å². The third kappa shape index (κ3) is 5.46. The molecule has 1 N–H and O–H groups in total. The number of halogens is 2. The van der Waals surface area contributed by atoms with Crippen molar-refractivity contribution < 1.29 is 51.0 Å². The van der Waals surface area contributed by atoms with Crippen LogP contribution in [-0.2, 0) is 26.2 Å². The molecule has 0 saturated heterocycles. The number of nitrogens with one attached hydrogen (secondary N) is 1. The molecular weight excluding hydrogens is 440 g/mol. The van der Waals surface area contributed by atoms with Crippen molar-refractivity contribution in [2.45, 2.75) is 27.7 Å². The Bertz CT molecular complexity index is 975. The Hall–Kier alpha value is -1.08. The molecule has 4 rings (SSSR count). The number of hydrogen-bond acceptors (Lipinski definition) is 0. The monoisotopic (exact) mass is 459 g/mol. The summed E-state index contributed by atoms with van der Waals surface area (Å²) in [6.07, 6.45) is 8.64. The predicted molar refractivity (Wildman–Crippen MR) is 98.5 cm³/mol. The van der Waals surface area contributed by atoms with Crippen LogP contribution in [0.5, 0.6) is 0 Å². The molecule has 1 aromatic heterocycles. The molecule has 3 aromatic rings. The summed E-state index contributed by atoms with van der Waals surface area (Å²) >= 11 is 0. The van der Waals surface area contributed by atoms with Crippen LogP contribution in [0.1, 0.15) is 25.0 Å². The van der Waals surface area contributed by atoms with Gasteiger partial charge in [0.05, 0.1) is 0 Å². The van der Waals surface area contributed by atoms with Gasteiger partial charge in [0, 0.05) is 0 Å². The molecule has 1 aliphatic carbocycles. The van der Waals surface area contributed by atoms with E-state index in [2.05, 4.69) is 87.4 Å². The van der Waals surface area contributed by atoms with E-state index >= 15 is 0 Å². The van der Waals surface area contributed by atoms with Gasteiger partial charge in [-0.2, -0.15) is 5.56 Å². The largest absolute Gasteiger partial charge is 4.00 e. The third-order valence-electron chi connectivity index (χ3n) is 4.10. The summed E-state index contributed by atoms with van der Waals surface area (Å²) in [4.78, 5) is 3.10. The van der Waals surface area contributed by atoms with E-state index in [0.717, 1.165) is 0 Å². The van der Waals surface area contributed by atoms with Gasteiger partial charge in [-0.05, 0) is 0 Å². The zero-order valence-electron chi connectivity index (χ0n) is 15.4. The zero-order valence-corrected chi connectivity index (χ0v) is 19.3. The second-order valence-corrected chi connectivity index (χ2v) is 6.14. The molecule has 0 fully saturated rings. The number of fused-ring (bicyclic) bond motifs is 2.